The van der Waals surface area contributed by atoms with Gasteiger partial charge in [0.1, 0.15) is 5.84 Å². The largest absolute Gasteiger partial charge is 0.272 e. The topological polar surface area (TPSA) is 45.0 Å². The lowest BCUT2D eigenvalue weighted by molar-refractivity contribution is -0.128. The molecule has 0 bridgehead atoms. The van der Waals surface area contributed by atoms with Crippen LogP contribution >= 0.6 is 0 Å². The maximum absolute atomic E-state index is 12.8. The minimum atomic E-state index is -0.191. The predicted molar refractivity (Wildman–Crippen MR) is 90.8 cm³/mol. The van der Waals surface area contributed by atoms with Crippen LogP contribution < -0.4 is 0 Å². The van der Waals surface area contributed by atoms with Crippen LogP contribution in [0.15, 0.2) is 64.7 Å². The molecule has 1 unspecified atom stereocenters. The van der Waals surface area contributed by atoms with Crippen molar-refractivity contribution in [1.29, 1.82) is 0 Å². The van der Waals surface area contributed by atoms with Gasteiger partial charge in [-0.3, -0.25) is 4.79 Å². The Morgan fingerprint density at radius 2 is 1.83 bits per heavy atom. The van der Waals surface area contributed by atoms with Crippen molar-refractivity contribution in [1.82, 2.24) is 5.01 Å². The zero-order chi connectivity index (χ0) is 15.8. The van der Waals surface area contributed by atoms with Crippen molar-refractivity contribution in [2.24, 2.45) is 16.0 Å². The van der Waals surface area contributed by atoms with Crippen LogP contribution in [0.4, 0.5) is 5.69 Å². The highest BCUT2D eigenvalue weighted by atomic mass is 16.2. The fourth-order valence-corrected chi connectivity index (χ4v) is 3.11. The molecule has 2 aromatic carbocycles. The average Bonchev–Trinajstić information content (AvgIpc) is 3.12. The Labute approximate surface area is 135 Å². The van der Waals surface area contributed by atoms with Gasteiger partial charge in [-0.05, 0) is 30.5 Å². The summed E-state index contributed by atoms with van der Waals surface area (Å²) in [6.45, 7) is 1.92. The summed E-state index contributed by atoms with van der Waals surface area (Å²) in [6.07, 6.45) is 1.35. The molecule has 0 aliphatic carbocycles. The number of amidine groups is 1. The van der Waals surface area contributed by atoms with Crippen molar-refractivity contribution in [2.45, 2.75) is 19.8 Å². The normalized spacial score (nSPS) is 19.6. The number of para-hydroxylation sites is 1. The summed E-state index contributed by atoms with van der Waals surface area (Å²) in [4.78, 5) is 17.4. The van der Waals surface area contributed by atoms with E-state index in [4.69, 9.17) is 0 Å². The molecule has 0 saturated carbocycles. The zero-order valence-corrected chi connectivity index (χ0v) is 12.9. The van der Waals surface area contributed by atoms with Crippen LogP contribution in [0, 0.1) is 5.92 Å². The monoisotopic (exact) mass is 303 g/mol. The van der Waals surface area contributed by atoms with E-state index in [0.29, 0.717) is 12.8 Å². The van der Waals surface area contributed by atoms with Gasteiger partial charge in [-0.25, -0.2) is 4.99 Å². The summed E-state index contributed by atoms with van der Waals surface area (Å²) in [5.41, 5.74) is 4.10. The van der Waals surface area contributed by atoms with E-state index in [1.807, 2.05) is 61.5 Å². The minimum Gasteiger partial charge on any atom is -0.272 e. The number of carbonyl (C=O) groups excluding carboxylic acids is 1. The molecule has 2 aromatic rings. The standard InChI is InChI=1S/C19H17N3O/c1-13-16(11-14-7-3-2-4-8-14)19(23)22(21-13)18-12-15-9-5-6-10-17(15)20-18/h2-10,16H,11-12H2,1H3. The molecule has 0 fully saturated rings. The van der Waals surface area contributed by atoms with Crippen LogP contribution in [0.5, 0.6) is 0 Å². The first-order valence-electron chi connectivity index (χ1n) is 7.81. The van der Waals surface area contributed by atoms with Gasteiger partial charge >= 0.3 is 0 Å². The SMILES string of the molecule is CC1=NN(C2=Nc3ccccc3C2)C(=O)C1Cc1ccccc1. The van der Waals surface area contributed by atoms with Gasteiger partial charge in [0.05, 0.1) is 11.6 Å². The van der Waals surface area contributed by atoms with Crippen molar-refractivity contribution in [3.8, 4) is 0 Å². The number of carbonyl (C=O) groups is 1. The van der Waals surface area contributed by atoms with Crippen LogP contribution in [0.2, 0.25) is 0 Å². The van der Waals surface area contributed by atoms with E-state index >= 15 is 0 Å². The molecule has 1 atom stereocenters. The first-order valence-corrected chi connectivity index (χ1v) is 7.81. The van der Waals surface area contributed by atoms with Crippen molar-refractivity contribution >= 4 is 23.1 Å². The first kappa shape index (κ1) is 13.9. The lowest BCUT2D eigenvalue weighted by Crippen LogP contribution is -2.33. The van der Waals surface area contributed by atoms with E-state index in [1.54, 1.807) is 0 Å². The Morgan fingerprint density at radius 1 is 1.09 bits per heavy atom. The zero-order valence-electron chi connectivity index (χ0n) is 12.9. The van der Waals surface area contributed by atoms with E-state index in [1.165, 1.54) is 5.01 Å². The second-order valence-corrected chi connectivity index (χ2v) is 5.97. The van der Waals surface area contributed by atoms with Crippen LogP contribution in [0.3, 0.4) is 0 Å². The molecule has 23 heavy (non-hydrogen) atoms. The highest BCUT2D eigenvalue weighted by Gasteiger charge is 2.37. The Kier molecular flexibility index (Phi) is 3.30. The van der Waals surface area contributed by atoms with E-state index in [9.17, 15) is 4.79 Å². The number of hydrogen-bond acceptors (Lipinski definition) is 3. The van der Waals surface area contributed by atoms with Crippen molar-refractivity contribution in [2.75, 3.05) is 0 Å². The summed E-state index contributed by atoms with van der Waals surface area (Å²) >= 11 is 0. The molecule has 0 radical (unpaired) electrons. The fourth-order valence-electron chi connectivity index (χ4n) is 3.11. The van der Waals surface area contributed by atoms with Crippen molar-refractivity contribution < 1.29 is 4.79 Å². The number of fused-ring (bicyclic) bond motifs is 1. The highest BCUT2D eigenvalue weighted by Crippen LogP contribution is 2.30. The lowest BCUT2D eigenvalue weighted by atomic mass is 9.95. The van der Waals surface area contributed by atoms with E-state index in [0.717, 1.165) is 28.4 Å². The lowest BCUT2D eigenvalue weighted by Gasteiger charge is -2.14. The minimum absolute atomic E-state index is 0.0258. The second-order valence-electron chi connectivity index (χ2n) is 5.97. The average molecular weight is 303 g/mol. The maximum Gasteiger partial charge on any atom is 0.257 e. The summed E-state index contributed by atoms with van der Waals surface area (Å²) in [6, 6.07) is 18.0. The molecule has 4 heteroatoms. The van der Waals surface area contributed by atoms with Crippen LogP contribution in [-0.2, 0) is 17.6 Å². The number of hydrogen-bond donors (Lipinski definition) is 0. The second kappa shape index (κ2) is 5.47. The molecular weight excluding hydrogens is 286 g/mol. The quantitative estimate of drug-likeness (QED) is 0.839. The van der Waals surface area contributed by atoms with E-state index in [2.05, 4.69) is 10.1 Å². The van der Waals surface area contributed by atoms with Crippen LogP contribution in [0.1, 0.15) is 18.1 Å². The van der Waals surface area contributed by atoms with Crippen LogP contribution in [0.25, 0.3) is 0 Å². The molecule has 2 aliphatic rings. The molecule has 0 saturated heterocycles. The summed E-state index contributed by atoms with van der Waals surface area (Å²) in [7, 11) is 0. The third kappa shape index (κ3) is 2.46. The third-order valence-corrected chi connectivity index (χ3v) is 4.39. The molecule has 1 amide bonds. The molecule has 0 spiro atoms. The van der Waals surface area contributed by atoms with Crippen LogP contribution in [-0.4, -0.2) is 22.5 Å². The maximum atomic E-state index is 12.8. The van der Waals surface area contributed by atoms with Crippen molar-refractivity contribution in [3.63, 3.8) is 0 Å². The molecule has 0 N–H and O–H groups in total. The highest BCUT2D eigenvalue weighted by molar-refractivity contribution is 6.15. The Morgan fingerprint density at radius 3 is 2.61 bits per heavy atom. The van der Waals surface area contributed by atoms with E-state index in [-0.39, 0.29) is 11.8 Å². The summed E-state index contributed by atoms with van der Waals surface area (Å²) in [5.74, 6) is 0.563. The smallest absolute Gasteiger partial charge is 0.257 e. The number of benzene rings is 2. The van der Waals surface area contributed by atoms with E-state index < -0.39 is 0 Å². The number of aliphatic imine (C=N–C) groups is 1. The van der Waals surface area contributed by atoms with Gasteiger partial charge in [-0.2, -0.15) is 10.1 Å². The number of rotatable bonds is 2. The molecule has 4 rings (SSSR count). The Balaban J connectivity index is 1.56. The molecule has 2 heterocycles. The summed E-state index contributed by atoms with van der Waals surface area (Å²) < 4.78 is 0. The number of nitrogens with zero attached hydrogens (tertiary/aromatic N) is 3. The molecule has 0 aromatic heterocycles. The molecule has 2 aliphatic heterocycles. The van der Waals surface area contributed by atoms with Gasteiger partial charge in [-0.1, -0.05) is 48.5 Å². The third-order valence-electron chi connectivity index (χ3n) is 4.39. The van der Waals surface area contributed by atoms with Gasteiger partial charge in [-0.15, -0.1) is 0 Å². The van der Waals surface area contributed by atoms with Gasteiger partial charge in [0, 0.05) is 12.1 Å². The molecule has 114 valence electrons. The van der Waals surface area contributed by atoms with Gasteiger partial charge in [0.2, 0.25) is 0 Å². The molecule has 4 nitrogen and oxygen atoms in total. The molecular formula is C19H17N3O. The first-order chi connectivity index (χ1) is 11.2. The number of hydrazone groups is 1. The Bertz CT molecular complexity index is 824. The fraction of sp³-hybridized carbons (Fsp3) is 0.211. The van der Waals surface area contributed by atoms with Gasteiger partial charge in [0.25, 0.3) is 5.91 Å². The van der Waals surface area contributed by atoms with Gasteiger partial charge in [0.15, 0.2) is 0 Å². The van der Waals surface area contributed by atoms with Gasteiger partial charge < -0.3 is 0 Å². The summed E-state index contributed by atoms with van der Waals surface area (Å²) in [5, 5.41) is 5.98. The Hall–Kier alpha value is -2.75. The van der Waals surface area contributed by atoms with Crippen molar-refractivity contribution in [3.05, 3.63) is 65.7 Å². The predicted octanol–water partition coefficient (Wildman–Crippen LogP) is 3.35. The number of amides is 1.